The van der Waals surface area contributed by atoms with E-state index in [1.807, 2.05) is 12.1 Å². The molecule has 2 aromatic rings. The van der Waals surface area contributed by atoms with E-state index in [1.165, 1.54) is 28.7 Å². The number of benzene rings is 2. The van der Waals surface area contributed by atoms with E-state index in [9.17, 15) is 9.59 Å². The molecule has 4 heteroatoms. The van der Waals surface area contributed by atoms with E-state index in [0.29, 0.717) is 6.42 Å². The number of unbranched alkanes of at least 4 members (excludes halogenated alkanes) is 3. The number of rotatable bonds is 5. The average Bonchev–Trinajstić information content (AvgIpc) is 3.26. The molecule has 31 heavy (non-hydrogen) atoms. The Balaban J connectivity index is 1.42. The molecule has 0 unspecified atom stereocenters. The molecule has 5 aliphatic rings. The summed E-state index contributed by atoms with van der Waals surface area (Å²) in [6, 6.07) is 16.8. The fourth-order valence-corrected chi connectivity index (χ4v) is 6.90. The average molecular weight is 417 g/mol. The zero-order valence-electron chi connectivity index (χ0n) is 17.9. The molecule has 2 bridgehead atoms. The Bertz CT molecular complexity index is 1010. The molecule has 2 aliphatic heterocycles. The Labute approximate surface area is 182 Å². The minimum Gasteiger partial charge on any atom is -0.458 e. The zero-order chi connectivity index (χ0) is 21.2. The van der Waals surface area contributed by atoms with Crippen molar-refractivity contribution in [1.82, 2.24) is 0 Å². The molecule has 2 aromatic carbocycles. The molecule has 0 aromatic heterocycles. The quantitative estimate of drug-likeness (QED) is 0.503. The highest BCUT2D eigenvalue weighted by atomic mass is 16.6. The Kier molecular flexibility index (Phi) is 4.28. The zero-order valence-corrected chi connectivity index (χ0v) is 17.9. The van der Waals surface area contributed by atoms with Gasteiger partial charge in [0.15, 0.2) is 6.10 Å². The second kappa shape index (κ2) is 6.94. The number of hydrogen-bond donors (Lipinski definition) is 0. The second-order valence-electron chi connectivity index (χ2n) is 9.66. The molecule has 4 nitrogen and oxygen atoms in total. The topological polar surface area (TPSA) is 52.6 Å². The maximum atomic E-state index is 13.6. The third-order valence-electron chi connectivity index (χ3n) is 8.16. The van der Waals surface area contributed by atoms with Crippen LogP contribution in [0.2, 0.25) is 0 Å². The van der Waals surface area contributed by atoms with E-state index in [1.54, 1.807) is 0 Å². The molecule has 0 amide bonds. The summed E-state index contributed by atoms with van der Waals surface area (Å²) in [5.41, 5.74) is 4.07. The molecule has 3 aliphatic carbocycles. The Morgan fingerprint density at radius 1 is 0.871 bits per heavy atom. The van der Waals surface area contributed by atoms with E-state index in [0.717, 1.165) is 25.7 Å². The summed E-state index contributed by atoms with van der Waals surface area (Å²) < 4.78 is 11.9. The van der Waals surface area contributed by atoms with Gasteiger partial charge in [0.25, 0.3) is 0 Å². The number of cyclic esters (lactones) is 1. The van der Waals surface area contributed by atoms with Crippen LogP contribution in [0.25, 0.3) is 0 Å². The second-order valence-corrected chi connectivity index (χ2v) is 9.66. The van der Waals surface area contributed by atoms with E-state index in [2.05, 4.69) is 43.3 Å². The number of ether oxygens (including phenoxy) is 2. The van der Waals surface area contributed by atoms with Gasteiger partial charge in [0.05, 0.1) is 5.41 Å². The number of esters is 2. The van der Waals surface area contributed by atoms with Crippen LogP contribution in [0.4, 0.5) is 0 Å². The van der Waals surface area contributed by atoms with Crippen LogP contribution in [-0.2, 0) is 19.1 Å². The van der Waals surface area contributed by atoms with Crippen molar-refractivity contribution in [3.63, 3.8) is 0 Å². The van der Waals surface area contributed by atoms with Crippen molar-refractivity contribution in [2.75, 3.05) is 0 Å². The molecular weight excluding hydrogens is 388 g/mol. The maximum absolute atomic E-state index is 13.6. The summed E-state index contributed by atoms with van der Waals surface area (Å²) in [4.78, 5) is 26.8. The lowest BCUT2D eigenvalue weighted by atomic mass is 9.48. The predicted octanol–water partition coefficient (Wildman–Crippen LogP) is 5.09. The summed E-state index contributed by atoms with van der Waals surface area (Å²) in [6.07, 6.45) is 5.11. The van der Waals surface area contributed by atoms with Crippen molar-refractivity contribution in [3.05, 3.63) is 70.8 Å². The first-order valence-corrected chi connectivity index (χ1v) is 11.8. The first-order chi connectivity index (χ1) is 15.2. The Hall–Kier alpha value is -2.62. The molecule has 1 spiro atoms. The van der Waals surface area contributed by atoms with Crippen LogP contribution in [0.3, 0.4) is 0 Å². The minimum atomic E-state index is -0.854. The van der Waals surface area contributed by atoms with Crippen LogP contribution in [-0.4, -0.2) is 24.1 Å². The van der Waals surface area contributed by atoms with Gasteiger partial charge in [-0.15, -0.1) is 0 Å². The Morgan fingerprint density at radius 3 is 2.16 bits per heavy atom. The largest absolute Gasteiger partial charge is 0.458 e. The van der Waals surface area contributed by atoms with Crippen LogP contribution in [0.1, 0.15) is 79.5 Å². The Morgan fingerprint density at radius 2 is 1.52 bits per heavy atom. The van der Waals surface area contributed by atoms with Crippen LogP contribution in [0, 0.1) is 11.3 Å². The molecule has 0 radical (unpaired) electrons. The van der Waals surface area contributed by atoms with Crippen molar-refractivity contribution >= 4 is 11.9 Å². The van der Waals surface area contributed by atoms with Crippen LogP contribution in [0.15, 0.2) is 48.5 Å². The van der Waals surface area contributed by atoms with Gasteiger partial charge in [-0.05, 0) is 41.5 Å². The molecule has 0 saturated carbocycles. The molecule has 2 saturated heterocycles. The normalized spacial score (nSPS) is 34.3. The van der Waals surface area contributed by atoms with Crippen LogP contribution in [0.5, 0.6) is 0 Å². The van der Waals surface area contributed by atoms with E-state index < -0.39 is 17.4 Å². The van der Waals surface area contributed by atoms with Crippen molar-refractivity contribution in [1.29, 1.82) is 0 Å². The fourth-order valence-electron chi connectivity index (χ4n) is 6.90. The van der Waals surface area contributed by atoms with E-state index >= 15 is 0 Å². The van der Waals surface area contributed by atoms with Crippen LogP contribution >= 0.6 is 0 Å². The van der Waals surface area contributed by atoms with Crippen molar-refractivity contribution in [2.24, 2.45) is 11.3 Å². The van der Waals surface area contributed by atoms with Gasteiger partial charge < -0.3 is 9.47 Å². The van der Waals surface area contributed by atoms with Gasteiger partial charge in [0, 0.05) is 11.8 Å². The first-order valence-electron chi connectivity index (χ1n) is 11.8. The number of carbonyl (C=O) groups is 2. The van der Waals surface area contributed by atoms with Gasteiger partial charge in [-0.1, -0.05) is 74.7 Å². The van der Waals surface area contributed by atoms with Crippen molar-refractivity contribution in [2.45, 2.75) is 69.5 Å². The highest BCUT2D eigenvalue weighted by Gasteiger charge is 2.72. The fraction of sp³-hybridized carbons (Fsp3) is 0.481. The highest BCUT2D eigenvalue weighted by Crippen LogP contribution is 2.67. The first kappa shape index (κ1) is 19.1. The van der Waals surface area contributed by atoms with E-state index in [-0.39, 0.29) is 29.9 Å². The smallest absolute Gasteiger partial charge is 0.314 e. The van der Waals surface area contributed by atoms with Crippen LogP contribution < -0.4 is 0 Å². The number of hydrogen-bond acceptors (Lipinski definition) is 4. The third kappa shape index (κ3) is 2.48. The molecule has 160 valence electrons. The lowest BCUT2D eigenvalue weighted by Crippen LogP contribution is -2.50. The van der Waals surface area contributed by atoms with Gasteiger partial charge in [-0.3, -0.25) is 9.59 Å². The summed E-state index contributed by atoms with van der Waals surface area (Å²) in [5, 5.41) is 0. The van der Waals surface area contributed by atoms with Crippen molar-refractivity contribution < 1.29 is 19.1 Å². The summed E-state index contributed by atoms with van der Waals surface area (Å²) in [5.74, 6) is -0.986. The SMILES string of the molecule is CCCCCC[C@@H]1OC(=O)[C@@H]2[C@H]1OC(=O)[C@@]21CC2c3ccccc3C1c1ccccc12. The molecule has 2 fully saturated rings. The number of fused-ring (bicyclic) bond motifs is 1. The van der Waals surface area contributed by atoms with Gasteiger partial charge in [0.1, 0.15) is 12.0 Å². The molecule has 0 N–H and O–H groups in total. The van der Waals surface area contributed by atoms with E-state index in [4.69, 9.17) is 9.47 Å². The molecular formula is C27H28O4. The highest BCUT2D eigenvalue weighted by molar-refractivity contribution is 5.93. The van der Waals surface area contributed by atoms with Gasteiger partial charge in [-0.25, -0.2) is 0 Å². The predicted molar refractivity (Wildman–Crippen MR) is 116 cm³/mol. The lowest BCUT2D eigenvalue weighted by molar-refractivity contribution is -0.162. The van der Waals surface area contributed by atoms with Gasteiger partial charge >= 0.3 is 11.9 Å². The number of carbonyl (C=O) groups excluding carboxylic acids is 2. The standard InChI is InChI=1S/C27H28O4/c1-2-3-4-5-14-21-24-23(25(28)30-21)27(26(29)31-24)15-20-16-10-6-8-12-18(16)22(27)19-13-9-7-11-17(19)20/h6-13,20-24H,2-5,14-15H2,1H3/t20?,21-,22?,23-,24-,27+/m0/s1. The summed E-state index contributed by atoms with van der Waals surface area (Å²) in [7, 11) is 0. The molecule has 4 atom stereocenters. The summed E-state index contributed by atoms with van der Waals surface area (Å²) >= 11 is 0. The van der Waals surface area contributed by atoms with Gasteiger partial charge in [-0.2, -0.15) is 0 Å². The monoisotopic (exact) mass is 416 g/mol. The maximum Gasteiger partial charge on any atom is 0.314 e. The van der Waals surface area contributed by atoms with Gasteiger partial charge in [0.2, 0.25) is 0 Å². The lowest BCUT2D eigenvalue weighted by Gasteiger charge is -2.50. The molecule has 2 heterocycles. The molecule has 7 rings (SSSR count). The van der Waals surface area contributed by atoms with Crippen molar-refractivity contribution in [3.8, 4) is 0 Å². The minimum absolute atomic E-state index is 0.111. The third-order valence-corrected chi connectivity index (χ3v) is 8.16. The summed E-state index contributed by atoms with van der Waals surface area (Å²) in [6.45, 7) is 2.18.